The highest BCUT2D eigenvalue weighted by atomic mass is 79.9. The minimum atomic E-state index is -0.395. The molecule has 3 rings (SSSR count). The van der Waals surface area contributed by atoms with Crippen molar-refractivity contribution < 1.29 is 9.53 Å². The fourth-order valence-corrected chi connectivity index (χ4v) is 3.09. The number of anilines is 2. The normalized spacial score (nSPS) is 16.5. The number of fused-ring (bicyclic) bond motifs is 1. The summed E-state index contributed by atoms with van der Waals surface area (Å²) < 4.78 is 6.06. The molecule has 0 aromatic heterocycles. The molecule has 0 saturated carbocycles. The molecule has 4 nitrogen and oxygen atoms in total. The van der Waals surface area contributed by atoms with Gasteiger partial charge in [0, 0.05) is 28.5 Å². The number of benzene rings is 2. The molecule has 1 atom stereocenters. The lowest BCUT2D eigenvalue weighted by molar-refractivity contribution is -0.116. The number of carbonyl (C=O) groups is 1. The predicted octanol–water partition coefficient (Wildman–Crippen LogP) is 3.70. The van der Waals surface area contributed by atoms with Crippen LogP contribution in [0.1, 0.15) is 17.2 Å². The standard InChI is InChI=1S/C16H15BrN2O2/c1-21-9-10-4-2-5-11(8-10)18-15-14-12(17)6-3-7-13(14)19-16(15)20/h2-8,15,18H,9H2,1H3,(H,19,20). The first-order valence-corrected chi connectivity index (χ1v) is 7.42. The Labute approximate surface area is 131 Å². The van der Waals surface area contributed by atoms with Crippen LogP contribution in [0.5, 0.6) is 0 Å². The summed E-state index contributed by atoms with van der Waals surface area (Å²) in [5.41, 5.74) is 3.75. The molecule has 1 heterocycles. The molecule has 0 bridgehead atoms. The van der Waals surface area contributed by atoms with Crippen LogP contribution >= 0.6 is 15.9 Å². The first-order chi connectivity index (χ1) is 10.2. The molecular weight excluding hydrogens is 332 g/mol. The summed E-state index contributed by atoms with van der Waals surface area (Å²) in [6.45, 7) is 0.548. The second kappa shape index (κ2) is 5.87. The number of hydrogen-bond acceptors (Lipinski definition) is 3. The second-order valence-corrected chi connectivity index (χ2v) is 5.76. The molecule has 0 radical (unpaired) electrons. The Morgan fingerprint density at radius 3 is 2.90 bits per heavy atom. The van der Waals surface area contributed by atoms with Crippen molar-refractivity contribution in [3.63, 3.8) is 0 Å². The molecule has 1 amide bonds. The smallest absolute Gasteiger partial charge is 0.251 e. The van der Waals surface area contributed by atoms with Crippen LogP contribution in [-0.4, -0.2) is 13.0 Å². The van der Waals surface area contributed by atoms with Crippen LogP contribution < -0.4 is 10.6 Å². The van der Waals surface area contributed by atoms with Crippen LogP contribution in [0.2, 0.25) is 0 Å². The molecule has 108 valence electrons. The van der Waals surface area contributed by atoms with Gasteiger partial charge >= 0.3 is 0 Å². The van der Waals surface area contributed by atoms with Crippen molar-refractivity contribution in [2.45, 2.75) is 12.6 Å². The summed E-state index contributed by atoms with van der Waals surface area (Å²) in [5.74, 6) is -0.0472. The van der Waals surface area contributed by atoms with E-state index < -0.39 is 6.04 Å². The molecule has 0 spiro atoms. The maximum atomic E-state index is 12.2. The Kier molecular flexibility index (Phi) is 3.94. The van der Waals surface area contributed by atoms with Gasteiger partial charge in [-0.1, -0.05) is 34.1 Å². The first kappa shape index (κ1) is 14.1. The zero-order chi connectivity index (χ0) is 14.8. The van der Waals surface area contributed by atoms with E-state index in [-0.39, 0.29) is 5.91 Å². The Morgan fingerprint density at radius 2 is 2.10 bits per heavy atom. The summed E-state index contributed by atoms with van der Waals surface area (Å²) >= 11 is 3.52. The number of amides is 1. The number of rotatable bonds is 4. The van der Waals surface area contributed by atoms with Crippen LogP contribution in [0.25, 0.3) is 0 Å². The monoisotopic (exact) mass is 346 g/mol. The number of ether oxygens (including phenoxy) is 1. The summed E-state index contributed by atoms with van der Waals surface area (Å²) in [6.07, 6.45) is 0. The number of methoxy groups -OCH3 is 1. The van der Waals surface area contributed by atoms with E-state index in [1.807, 2.05) is 42.5 Å². The van der Waals surface area contributed by atoms with Crippen LogP contribution in [0.15, 0.2) is 46.9 Å². The number of carbonyl (C=O) groups excluding carboxylic acids is 1. The van der Waals surface area contributed by atoms with E-state index in [0.717, 1.165) is 27.0 Å². The van der Waals surface area contributed by atoms with Gasteiger partial charge in [-0.05, 0) is 29.8 Å². The molecule has 5 heteroatoms. The number of halogens is 1. The van der Waals surface area contributed by atoms with Crippen LogP contribution in [0.4, 0.5) is 11.4 Å². The van der Waals surface area contributed by atoms with E-state index in [0.29, 0.717) is 6.61 Å². The average Bonchev–Trinajstić information content (AvgIpc) is 2.77. The molecule has 0 fully saturated rings. The SMILES string of the molecule is COCc1cccc(NC2C(=O)Nc3cccc(Br)c32)c1. The van der Waals surface area contributed by atoms with Crippen molar-refractivity contribution in [3.05, 3.63) is 58.1 Å². The van der Waals surface area contributed by atoms with Gasteiger partial charge in [-0.15, -0.1) is 0 Å². The molecule has 2 N–H and O–H groups in total. The Balaban J connectivity index is 1.89. The van der Waals surface area contributed by atoms with Gasteiger partial charge in [-0.25, -0.2) is 0 Å². The zero-order valence-corrected chi connectivity index (χ0v) is 13.1. The van der Waals surface area contributed by atoms with Crippen molar-refractivity contribution >= 4 is 33.2 Å². The van der Waals surface area contributed by atoms with E-state index in [4.69, 9.17) is 4.74 Å². The van der Waals surface area contributed by atoms with Gasteiger partial charge in [0.2, 0.25) is 0 Å². The van der Waals surface area contributed by atoms with E-state index in [1.54, 1.807) is 7.11 Å². The maximum absolute atomic E-state index is 12.2. The average molecular weight is 347 g/mol. The maximum Gasteiger partial charge on any atom is 0.251 e. The minimum absolute atomic E-state index is 0.0472. The van der Waals surface area contributed by atoms with E-state index in [2.05, 4.69) is 26.6 Å². The summed E-state index contributed by atoms with van der Waals surface area (Å²) in [4.78, 5) is 12.2. The van der Waals surface area contributed by atoms with Crippen LogP contribution in [0, 0.1) is 0 Å². The largest absolute Gasteiger partial charge is 0.380 e. The summed E-state index contributed by atoms with van der Waals surface area (Å²) in [7, 11) is 1.66. The lowest BCUT2D eigenvalue weighted by Gasteiger charge is -2.15. The molecule has 21 heavy (non-hydrogen) atoms. The highest BCUT2D eigenvalue weighted by Gasteiger charge is 2.32. The quantitative estimate of drug-likeness (QED) is 0.887. The molecular formula is C16H15BrN2O2. The third kappa shape index (κ3) is 2.80. The topological polar surface area (TPSA) is 50.4 Å². The van der Waals surface area contributed by atoms with Gasteiger partial charge in [0.1, 0.15) is 6.04 Å². The van der Waals surface area contributed by atoms with E-state index in [9.17, 15) is 4.79 Å². The van der Waals surface area contributed by atoms with Crippen LogP contribution in [-0.2, 0) is 16.1 Å². The number of nitrogens with one attached hydrogen (secondary N) is 2. The highest BCUT2D eigenvalue weighted by molar-refractivity contribution is 9.10. The Morgan fingerprint density at radius 1 is 1.29 bits per heavy atom. The minimum Gasteiger partial charge on any atom is -0.380 e. The molecule has 1 unspecified atom stereocenters. The fourth-order valence-electron chi connectivity index (χ4n) is 2.50. The summed E-state index contributed by atoms with van der Waals surface area (Å²) in [5, 5.41) is 6.18. The molecule has 1 aliphatic heterocycles. The van der Waals surface area contributed by atoms with Crippen LogP contribution in [0.3, 0.4) is 0 Å². The van der Waals surface area contributed by atoms with Crippen molar-refractivity contribution in [2.24, 2.45) is 0 Å². The van der Waals surface area contributed by atoms with Crippen molar-refractivity contribution in [1.29, 1.82) is 0 Å². The van der Waals surface area contributed by atoms with E-state index in [1.165, 1.54) is 0 Å². The van der Waals surface area contributed by atoms with Gasteiger partial charge in [-0.2, -0.15) is 0 Å². The number of hydrogen-bond donors (Lipinski definition) is 2. The second-order valence-electron chi connectivity index (χ2n) is 4.90. The van der Waals surface area contributed by atoms with Crippen molar-refractivity contribution in [2.75, 3.05) is 17.7 Å². The zero-order valence-electron chi connectivity index (χ0n) is 11.5. The highest BCUT2D eigenvalue weighted by Crippen LogP contribution is 2.38. The Hall–Kier alpha value is -1.85. The van der Waals surface area contributed by atoms with E-state index >= 15 is 0 Å². The molecule has 0 aliphatic carbocycles. The molecule has 0 saturated heterocycles. The van der Waals surface area contributed by atoms with Crippen molar-refractivity contribution in [3.8, 4) is 0 Å². The molecule has 1 aliphatic rings. The molecule has 2 aromatic carbocycles. The van der Waals surface area contributed by atoms with Crippen molar-refractivity contribution in [1.82, 2.24) is 0 Å². The van der Waals surface area contributed by atoms with Gasteiger partial charge in [0.25, 0.3) is 5.91 Å². The summed E-state index contributed by atoms with van der Waals surface area (Å²) in [6, 6.07) is 13.2. The fraction of sp³-hybridized carbons (Fsp3) is 0.188. The lowest BCUT2D eigenvalue weighted by Crippen LogP contribution is -2.20. The van der Waals surface area contributed by atoms with Gasteiger partial charge in [-0.3, -0.25) is 4.79 Å². The third-order valence-corrected chi connectivity index (χ3v) is 4.10. The van der Waals surface area contributed by atoms with Gasteiger partial charge in [0.05, 0.1) is 6.61 Å². The third-order valence-electron chi connectivity index (χ3n) is 3.41. The van der Waals surface area contributed by atoms with Gasteiger partial charge < -0.3 is 15.4 Å². The first-order valence-electron chi connectivity index (χ1n) is 6.62. The molecule has 2 aromatic rings. The predicted molar refractivity (Wildman–Crippen MR) is 86.3 cm³/mol. The lowest BCUT2D eigenvalue weighted by atomic mass is 10.1. The Bertz CT molecular complexity index is 688. The van der Waals surface area contributed by atoms with Gasteiger partial charge in [0.15, 0.2) is 0 Å².